The molecule has 0 bridgehead atoms. The molecule has 1 unspecified atom stereocenters. The molecule has 23 heavy (non-hydrogen) atoms. The average Bonchev–Trinajstić information content (AvgIpc) is 3.30. The topological polar surface area (TPSA) is 29.1 Å². The highest BCUT2D eigenvalue weighted by molar-refractivity contribution is 7.12. The minimum Gasteiger partial charge on any atom is -0.348 e. The zero-order valence-electron chi connectivity index (χ0n) is 13.5. The molecule has 1 N–H and O–H groups in total. The highest BCUT2D eigenvalue weighted by atomic mass is 32.1. The first-order valence-electron chi connectivity index (χ1n) is 8.70. The molecule has 0 aliphatic heterocycles. The lowest BCUT2D eigenvalue weighted by Gasteiger charge is -2.31. The number of fused-ring (bicyclic) bond motifs is 1. The van der Waals surface area contributed by atoms with Crippen molar-refractivity contribution in [1.82, 2.24) is 5.32 Å². The van der Waals surface area contributed by atoms with E-state index in [1.807, 2.05) is 0 Å². The van der Waals surface area contributed by atoms with Gasteiger partial charge in [0.15, 0.2) is 0 Å². The minimum absolute atomic E-state index is 0.123. The van der Waals surface area contributed by atoms with Gasteiger partial charge in [-0.3, -0.25) is 4.79 Å². The number of aryl methyl sites for hydroxylation is 1. The van der Waals surface area contributed by atoms with Crippen LogP contribution in [0.5, 0.6) is 0 Å². The van der Waals surface area contributed by atoms with E-state index in [9.17, 15) is 4.79 Å². The van der Waals surface area contributed by atoms with E-state index in [-0.39, 0.29) is 11.9 Å². The summed E-state index contributed by atoms with van der Waals surface area (Å²) < 4.78 is 0. The van der Waals surface area contributed by atoms with E-state index in [0.29, 0.717) is 11.8 Å². The molecule has 0 saturated heterocycles. The van der Waals surface area contributed by atoms with Gasteiger partial charge in [0, 0.05) is 12.0 Å². The molecule has 2 aliphatic rings. The fourth-order valence-electron chi connectivity index (χ4n) is 3.90. The van der Waals surface area contributed by atoms with Gasteiger partial charge in [0.1, 0.15) is 0 Å². The summed E-state index contributed by atoms with van der Waals surface area (Å²) in [6.07, 6.45) is 6.03. The first-order chi connectivity index (χ1) is 11.2. The summed E-state index contributed by atoms with van der Waals surface area (Å²) in [6, 6.07) is 11.0. The Balaban J connectivity index is 1.51. The maximum absolute atomic E-state index is 12.7. The third-order valence-electron chi connectivity index (χ3n) is 5.30. The zero-order chi connectivity index (χ0) is 15.8. The maximum atomic E-state index is 12.7. The third kappa shape index (κ3) is 2.94. The Morgan fingerprint density at radius 2 is 2.00 bits per heavy atom. The van der Waals surface area contributed by atoms with E-state index in [2.05, 4.69) is 48.0 Å². The summed E-state index contributed by atoms with van der Waals surface area (Å²) in [6.45, 7) is 2.16. The summed E-state index contributed by atoms with van der Waals surface area (Å²) in [5, 5.41) is 5.35. The zero-order valence-corrected chi connectivity index (χ0v) is 14.4. The Hall–Kier alpha value is -1.61. The standard InChI is InChI=1S/C20H23NOS/c1-13(16-8-4-6-14-5-2-3-7-17(14)16)21-20(22)19-18(11-12-23-19)15-9-10-15/h2-3,5,7,11-13,15-16H,4,6,8-10H2,1H3,(H,21,22)/t13-,16?/m1/s1. The van der Waals surface area contributed by atoms with Gasteiger partial charge >= 0.3 is 0 Å². The van der Waals surface area contributed by atoms with Crippen LogP contribution in [0.25, 0.3) is 0 Å². The molecule has 4 rings (SSSR count). The fourth-order valence-corrected chi connectivity index (χ4v) is 4.79. The van der Waals surface area contributed by atoms with Crippen molar-refractivity contribution in [3.8, 4) is 0 Å². The predicted octanol–water partition coefficient (Wildman–Crippen LogP) is 4.86. The van der Waals surface area contributed by atoms with Crippen LogP contribution >= 0.6 is 11.3 Å². The molecule has 120 valence electrons. The van der Waals surface area contributed by atoms with E-state index in [0.717, 1.165) is 4.88 Å². The molecule has 1 aromatic carbocycles. The second-order valence-electron chi connectivity index (χ2n) is 6.94. The van der Waals surface area contributed by atoms with Crippen LogP contribution in [0.4, 0.5) is 0 Å². The van der Waals surface area contributed by atoms with Crippen molar-refractivity contribution < 1.29 is 4.79 Å². The van der Waals surface area contributed by atoms with Gasteiger partial charge in [-0.2, -0.15) is 0 Å². The fraction of sp³-hybridized carbons (Fsp3) is 0.450. The number of nitrogens with one attached hydrogen (secondary N) is 1. The number of thiophene rings is 1. The molecule has 1 aromatic heterocycles. The molecule has 1 amide bonds. The van der Waals surface area contributed by atoms with Crippen molar-refractivity contribution in [3.05, 3.63) is 57.3 Å². The molecular weight excluding hydrogens is 302 g/mol. The summed E-state index contributed by atoms with van der Waals surface area (Å²) in [4.78, 5) is 13.7. The lowest BCUT2D eigenvalue weighted by atomic mass is 9.79. The Labute approximate surface area is 141 Å². The largest absolute Gasteiger partial charge is 0.348 e. The van der Waals surface area contributed by atoms with Crippen molar-refractivity contribution in [2.24, 2.45) is 0 Å². The van der Waals surface area contributed by atoms with Crippen molar-refractivity contribution in [2.45, 2.75) is 56.9 Å². The normalized spacial score (nSPS) is 21.5. The van der Waals surface area contributed by atoms with Crippen molar-refractivity contribution in [3.63, 3.8) is 0 Å². The Bertz CT molecular complexity index is 716. The molecule has 2 aliphatic carbocycles. The average molecular weight is 325 g/mol. The maximum Gasteiger partial charge on any atom is 0.261 e. The molecule has 1 heterocycles. The van der Waals surface area contributed by atoms with Crippen LogP contribution in [0.1, 0.15) is 70.8 Å². The lowest BCUT2D eigenvalue weighted by molar-refractivity contribution is 0.0936. The molecule has 0 radical (unpaired) electrons. The van der Waals surface area contributed by atoms with Gasteiger partial charge < -0.3 is 5.32 Å². The number of rotatable bonds is 4. The Kier molecular flexibility index (Phi) is 3.98. The molecular formula is C20H23NOS. The predicted molar refractivity (Wildman–Crippen MR) is 95.3 cm³/mol. The SMILES string of the molecule is C[C@@H](NC(=O)c1sccc1C1CC1)C1CCCc2ccccc21. The van der Waals surface area contributed by atoms with E-state index in [1.165, 1.54) is 48.8 Å². The van der Waals surface area contributed by atoms with Crippen molar-refractivity contribution in [2.75, 3.05) is 0 Å². The van der Waals surface area contributed by atoms with Crippen LogP contribution in [-0.4, -0.2) is 11.9 Å². The first-order valence-corrected chi connectivity index (χ1v) is 9.58. The van der Waals surface area contributed by atoms with Crippen molar-refractivity contribution in [1.29, 1.82) is 0 Å². The molecule has 0 spiro atoms. The van der Waals surface area contributed by atoms with Gasteiger partial charge in [-0.15, -0.1) is 11.3 Å². The van der Waals surface area contributed by atoms with E-state index in [4.69, 9.17) is 0 Å². The van der Waals surface area contributed by atoms with Crippen LogP contribution in [0.3, 0.4) is 0 Å². The van der Waals surface area contributed by atoms with E-state index >= 15 is 0 Å². The molecule has 1 fully saturated rings. The Morgan fingerprint density at radius 3 is 2.83 bits per heavy atom. The van der Waals surface area contributed by atoms with Gasteiger partial charge in [-0.1, -0.05) is 24.3 Å². The second kappa shape index (κ2) is 6.12. The van der Waals surface area contributed by atoms with Crippen molar-refractivity contribution >= 4 is 17.2 Å². The summed E-state index contributed by atoms with van der Waals surface area (Å²) in [7, 11) is 0. The number of hydrogen-bond donors (Lipinski definition) is 1. The van der Waals surface area contributed by atoms with Crippen LogP contribution in [-0.2, 0) is 6.42 Å². The van der Waals surface area contributed by atoms with Gasteiger partial charge in [-0.25, -0.2) is 0 Å². The highest BCUT2D eigenvalue weighted by Gasteiger charge is 2.31. The smallest absolute Gasteiger partial charge is 0.261 e. The number of carbonyl (C=O) groups is 1. The number of amides is 1. The Morgan fingerprint density at radius 1 is 1.17 bits per heavy atom. The number of benzene rings is 1. The van der Waals surface area contributed by atoms with Gasteiger partial charge in [0.2, 0.25) is 0 Å². The van der Waals surface area contributed by atoms with Crippen LogP contribution < -0.4 is 5.32 Å². The van der Waals surface area contributed by atoms with Gasteiger partial charge in [-0.05, 0) is 73.1 Å². The molecule has 1 saturated carbocycles. The summed E-state index contributed by atoms with van der Waals surface area (Å²) in [5.74, 6) is 1.19. The van der Waals surface area contributed by atoms with Crippen LogP contribution in [0.2, 0.25) is 0 Å². The monoisotopic (exact) mass is 325 g/mol. The molecule has 2 aromatic rings. The first kappa shape index (κ1) is 14.9. The van der Waals surface area contributed by atoms with Crippen LogP contribution in [0.15, 0.2) is 35.7 Å². The van der Waals surface area contributed by atoms with Crippen LogP contribution in [0, 0.1) is 0 Å². The van der Waals surface area contributed by atoms with Gasteiger partial charge in [0.05, 0.1) is 4.88 Å². The van der Waals surface area contributed by atoms with E-state index in [1.54, 1.807) is 11.3 Å². The molecule has 2 atom stereocenters. The van der Waals surface area contributed by atoms with E-state index < -0.39 is 0 Å². The van der Waals surface area contributed by atoms with Gasteiger partial charge in [0.25, 0.3) is 5.91 Å². The summed E-state index contributed by atoms with van der Waals surface area (Å²) in [5.41, 5.74) is 4.16. The highest BCUT2D eigenvalue weighted by Crippen LogP contribution is 2.43. The third-order valence-corrected chi connectivity index (χ3v) is 6.23. The lowest BCUT2D eigenvalue weighted by Crippen LogP contribution is -2.38. The minimum atomic E-state index is 0.123. The summed E-state index contributed by atoms with van der Waals surface area (Å²) >= 11 is 1.59. The molecule has 3 heteroatoms. The quantitative estimate of drug-likeness (QED) is 0.854. The second-order valence-corrected chi connectivity index (χ2v) is 7.86. The number of hydrogen-bond acceptors (Lipinski definition) is 2. The molecule has 2 nitrogen and oxygen atoms in total. The number of carbonyl (C=O) groups excluding carboxylic acids is 1.